The number of alkyl halides is 1. The summed E-state index contributed by atoms with van der Waals surface area (Å²) in [6.07, 6.45) is 0. The molecule has 0 aromatic carbocycles. The van der Waals surface area contributed by atoms with Gasteiger partial charge in [-0.2, -0.15) is 29.7 Å². The van der Waals surface area contributed by atoms with Crippen molar-refractivity contribution < 1.29 is 0 Å². The molecule has 3 unspecified atom stereocenters. The molecule has 0 nitrogen and oxygen atoms in total. The van der Waals surface area contributed by atoms with Gasteiger partial charge in [-0.25, -0.2) is 0 Å². The smallest absolute Gasteiger partial charge is 0.00848 e. The van der Waals surface area contributed by atoms with E-state index in [0.717, 1.165) is 0 Å². The van der Waals surface area contributed by atoms with E-state index in [4.69, 9.17) is 0 Å². The Bertz CT molecular complexity index is 6.85. The molecular weight excluding hydrogens is 185 g/mol. The molecule has 3 atom stereocenters. The van der Waals surface area contributed by atoms with Crippen molar-refractivity contribution >= 4 is 45.6 Å². The standard InChI is InChI=1S/CH3Br.3H3P/c1-2;;;/h1H3;3*1H3. The fourth-order valence-corrected chi connectivity index (χ4v) is 0. The molecule has 0 aromatic rings. The van der Waals surface area contributed by atoms with Crippen molar-refractivity contribution in [3.05, 3.63) is 0 Å². The highest BCUT2D eigenvalue weighted by Gasteiger charge is 0.948. The zero-order valence-electron chi connectivity index (χ0n) is 3.50. The normalized spacial score (nSPS) is 1.20. The lowest BCUT2D eigenvalue weighted by Crippen LogP contribution is -0.808. The van der Waals surface area contributed by atoms with Crippen LogP contribution < -0.4 is 0 Å². The van der Waals surface area contributed by atoms with Gasteiger partial charge in [-0.1, -0.05) is 15.9 Å². The number of halogens is 1. The van der Waals surface area contributed by atoms with Gasteiger partial charge in [0.1, 0.15) is 0 Å². The fourth-order valence-electron chi connectivity index (χ4n) is 0. The van der Waals surface area contributed by atoms with Crippen LogP contribution in [0.4, 0.5) is 0 Å². The lowest BCUT2D eigenvalue weighted by atomic mass is 12.0. The summed E-state index contributed by atoms with van der Waals surface area (Å²) in [5.74, 6) is 1.81. The predicted octanol–water partition coefficient (Wildman–Crippen LogP) is 1.19. The van der Waals surface area contributed by atoms with Crippen molar-refractivity contribution in [1.29, 1.82) is 0 Å². The first-order valence-electron chi connectivity index (χ1n) is 0.378. The van der Waals surface area contributed by atoms with Crippen molar-refractivity contribution in [1.82, 2.24) is 0 Å². The Morgan fingerprint density at radius 1 is 0.800 bits per heavy atom. The fraction of sp³-hybridized carbons (Fsp3) is 1.00. The van der Waals surface area contributed by atoms with Crippen LogP contribution in [0.3, 0.4) is 0 Å². The van der Waals surface area contributed by atoms with Gasteiger partial charge in [0.2, 0.25) is 0 Å². The first-order chi connectivity index (χ1) is 1.00. The minimum absolute atomic E-state index is 0. The zero-order chi connectivity index (χ0) is 2.00. The monoisotopic (exact) mass is 196 g/mol. The zero-order valence-corrected chi connectivity index (χ0v) is 9.33. The molecule has 0 saturated heterocycles. The van der Waals surface area contributed by atoms with Crippen LogP contribution in [0.15, 0.2) is 0 Å². The van der Waals surface area contributed by atoms with Crippen molar-refractivity contribution in [3.8, 4) is 0 Å². The lowest BCUT2D eigenvalue weighted by molar-refractivity contribution is 2.60. The van der Waals surface area contributed by atoms with Gasteiger partial charge < -0.3 is 0 Å². The van der Waals surface area contributed by atoms with Crippen LogP contribution in [0.1, 0.15) is 0 Å². The van der Waals surface area contributed by atoms with Gasteiger partial charge in [-0.05, 0) is 5.83 Å². The molecule has 0 heterocycles. The molecule has 0 rings (SSSR count). The third-order valence-electron chi connectivity index (χ3n) is 0. The van der Waals surface area contributed by atoms with Gasteiger partial charge in [0.05, 0.1) is 0 Å². The highest BCUT2D eigenvalue weighted by Crippen LogP contribution is 1.45. The Balaban J connectivity index is -0.00000000167. The molecule has 0 fully saturated rings. The predicted molar refractivity (Wildman–Crippen MR) is 48.2 cm³/mol. The maximum atomic E-state index is 2.94. The minimum atomic E-state index is 0. The van der Waals surface area contributed by atoms with E-state index < -0.39 is 0 Å². The summed E-state index contributed by atoms with van der Waals surface area (Å²) in [6.45, 7) is 0. The molecule has 0 bridgehead atoms. The Morgan fingerprint density at radius 2 is 0.800 bits per heavy atom. The van der Waals surface area contributed by atoms with E-state index in [1.165, 1.54) is 0 Å². The summed E-state index contributed by atoms with van der Waals surface area (Å²) >= 11 is 2.94. The highest BCUT2D eigenvalue weighted by molar-refractivity contribution is 9.08. The molecule has 0 radical (unpaired) electrons. The Morgan fingerprint density at radius 3 is 0.800 bits per heavy atom. The number of hydrogen-bond acceptors (Lipinski definition) is 0. The highest BCUT2D eigenvalue weighted by atomic mass is 79.9. The SMILES string of the molecule is CBr.P.P.P. The van der Waals surface area contributed by atoms with Gasteiger partial charge in [-0.15, -0.1) is 0 Å². The molecule has 0 N–H and O–H groups in total. The molecule has 0 aromatic heterocycles. The molecule has 0 aliphatic carbocycles. The van der Waals surface area contributed by atoms with Crippen LogP contribution in [-0.2, 0) is 0 Å². The van der Waals surface area contributed by atoms with E-state index in [-0.39, 0.29) is 29.7 Å². The second kappa shape index (κ2) is 41.9. The van der Waals surface area contributed by atoms with Crippen LogP contribution in [0.2, 0.25) is 0 Å². The number of hydrogen-bond donors (Lipinski definition) is 0. The van der Waals surface area contributed by atoms with E-state index in [1.54, 1.807) is 0 Å². The molecule has 5 heavy (non-hydrogen) atoms. The summed E-state index contributed by atoms with van der Waals surface area (Å²) in [7, 11) is 0. The van der Waals surface area contributed by atoms with Crippen molar-refractivity contribution in [3.63, 3.8) is 0 Å². The van der Waals surface area contributed by atoms with E-state index >= 15 is 0 Å². The molecule has 0 amide bonds. The minimum Gasteiger partial charge on any atom is -0.153 e. The third kappa shape index (κ3) is 26.2. The molecule has 0 spiro atoms. The van der Waals surface area contributed by atoms with Gasteiger partial charge in [0, 0.05) is 0 Å². The van der Waals surface area contributed by atoms with Crippen molar-refractivity contribution in [2.75, 3.05) is 5.83 Å². The van der Waals surface area contributed by atoms with E-state index in [2.05, 4.69) is 15.9 Å². The molecular formula is CH12BrP3. The second-order valence-corrected chi connectivity index (χ2v) is 0. The summed E-state index contributed by atoms with van der Waals surface area (Å²) in [5.41, 5.74) is 0. The van der Waals surface area contributed by atoms with Crippen LogP contribution in [0, 0.1) is 0 Å². The first-order valence-corrected chi connectivity index (χ1v) is 1.96. The Kier molecular flexibility index (Phi) is 246. The largest absolute Gasteiger partial charge is 0.153 e. The second-order valence-electron chi connectivity index (χ2n) is 0. The maximum absolute atomic E-state index is 2.94. The van der Waals surface area contributed by atoms with Gasteiger partial charge in [0.25, 0.3) is 0 Å². The van der Waals surface area contributed by atoms with E-state index in [1.807, 2.05) is 5.83 Å². The van der Waals surface area contributed by atoms with Crippen LogP contribution in [0.25, 0.3) is 0 Å². The van der Waals surface area contributed by atoms with Gasteiger partial charge in [-0.3, -0.25) is 0 Å². The third-order valence-corrected chi connectivity index (χ3v) is 0. The average molecular weight is 197 g/mol. The van der Waals surface area contributed by atoms with E-state index in [0.29, 0.717) is 0 Å². The van der Waals surface area contributed by atoms with Crippen molar-refractivity contribution in [2.45, 2.75) is 0 Å². The lowest BCUT2D eigenvalue weighted by Gasteiger charge is -1.05. The van der Waals surface area contributed by atoms with Gasteiger partial charge >= 0.3 is 0 Å². The maximum Gasteiger partial charge on any atom is -0.00848 e. The number of rotatable bonds is 0. The summed E-state index contributed by atoms with van der Waals surface area (Å²) in [6, 6.07) is 0. The first kappa shape index (κ1) is 29.4. The quantitative estimate of drug-likeness (QED) is 0.404. The molecule has 0 saturated carbocycles. The average Bonchev–Trinajstić information content (AvgIpc) is 1.00. The van der Waals surface area contributed by atoms with Crippen LogP contribution in [0.5, 0.6) is 0 Å². The molecule has 4 heteroatoms. The summed E-state index contributed by atoms with van der Waals surface area (Å²) in [4.78, 5) is 0. The van der Waals surface area contributed by atoms with E-state index in [9.17, 15) is 0 Å². The Hall–Kier alpha value is 1.77. The summed E-state index contributed by atoms with van der Waals surface area (Å²) < 4.78 is 0. The summed E-state index contributed by atoms with van der Waals surface area (Å²) in [5, 5.41) is 0. The molecule has 0 aliphatic rings. The van der Waals surface area contributed by atoms with Gasteiger partial charge in [0.15, 0.2) is 0 Å². The Labute approximate surface area is 51.9 Å². The van der Waals surface area contributed by atoms with Crippen LogP contribution in [-0.4, -0.2) is 5.83 Å². The van der Waals surface area contributed by atoms with Crippen LogP contribution >= 0.6 is 45.6 Å². The molecule has 38 valence electrons. The van der Waals surface area contributed by atoms with Crippen molar-refractivity contribution in [2.24, 2.45) is 0 Å². The topological polar surface area (TPSA) is 0 Å². The molecule has 0 aliphatic heterocycles.